The topological polar surface area (TPSA) is 47.7 Å². The van der Waals surface area contributed by atoms with Crippen LogP contribution in [0.15, 0.2) is 42.5 Å². The first kappa shape index (κ1) is 14.1. The van der Waals surface area contributed by atoms with Crippen LogP contribution in [0.2, 0.25) is 0 Å². The third-order valence-electron chi connectivity index (χ3n) is 3.26. The monoisotopic (exact) mass is 272 g/mol. The maximum atomic E-state index is 5.83. The molecule has 0 aromatic heterocycles. The average Bonchev–Trinajstić information content (AvgIpc) is 2.48. The van der Waals surface area contributed by atoms with Crippen molar-refractivity contribution in [2.24, 2.45) is 0 Å². The maximum Gasteiger partial charge on any atom is 0.143 e. The van der Waals surface area contributed by atoms with E-state index in [1.165, 1.54) is 0 Å². The van der Waals surface area contributed by atoms with E-state index in [0.29, 0.717) is 11.4 Å². The number of nitrogens with two attached hydrogens (primary N) is 1. The molecule has 0 amide bonds. The predicted octanol–water partition coefficient (Wildman–Crippen LogP) is 2.92. The molecule has 0 aliphatic carbocycles. The summed E-state index contributed by atoms with van der Waals surface area (Å²) in [5.41, 5.74) is 8.65. The van der Waals surface area contributed by atoms with Crippen molar-refractivity contribution >= 4 is 11.4 Å². The largest absolute Gasteiger partial charge is 0.496 e. The van der Waals surface area contributed by atoms with Gasteiger partial charge in [0.1, 0.15) is 11.5 Å². The number of methoxy groups -OCH3 is 2. The van der Waals surface area contributed by atoms with Crippen molar-refractivity contribution in [1.82, 2.24) is 0 Å². The summed E-state index contributed by atoms with van der Waals surface area (Å²) in [7, 11) is 5.33. The van der Waals surface area contributed by atoms with Crippen molar-refractivity contribution in [2.75, 3.05) is 31.9 Å². The van der Waals surface area contributed by atoms with E-state index in [0.717, 1.165) is 23.5 Å². The second-order valence-corrected chi connectivity index (χ2v) is 4.59. The number of anilines is 2. The Morgan fingerprint density at radius 3 is 2.40 bits per heavy atom. The zero-order chi connectivity index (χ0) is 14.5. The Labute approximate surface area is 119 Å². The molecule has 0 unspecified atom stereocenters. The highest BCUT2D eigenvalue weighted by Crippen LogP contribution is 2.28. The van der Waals surface area contributed by atoms with Gasteiger partial charge in [0, 0.05) is 30.9 Å². The molecular weight excluding hydrogens is 252 g/mol. The van der Waals surface area contributed by atoms with Gasteiger partial charge in [-0.05, 0) is 18.2 Å². The van der Waals surface area contributed by atoms with Gasteiger partial charge in [0.15, 0.2) is 0 Å². The molecule has 2 aromatic rings. The molecular formula is C16H20N2O2. The zero-order valence-corrected chi connectivity index (χ0v) is 12.1. The van der Waals surface area contributed by atoms with Crippen LogP contribution in [0.4, 0.5) is 11.4 Å². The molecule has 0 saturated heterocycles. The molecule has 20 heavy (non-hydrogen) atoms. The van der Waals surface area contributed by atoms with Crippen molar-refractivity contribution in [1.29, 1.82) is 0 Å². The van der Waals surface area contributed by atoms with Gasteiger partial charge in [-0.15, -0.1) is 0 Å². The summed E-state index contributed by atoms with van der Waals surface area (Å²) in [5.74, 6) is 1.58. The maximum absolute atomic E-state index is 5.83. The minimum Gasteiger partial charge on any atom is -0.496 e. The molecule has 0 radical (unpaired) electrons. The number of hydrogen-bond donors (Lipinski definition) is 1. The van der Waals surface area contributed by atoms with Crippen LogP contribution in [0.25, 0.3) is 0 Å². The van der Waals surface area contributed by atoms with Gasteiger partial charge in [-0.3, -0.25) is 0 Å². The molecule has 0 aliphatic heterocycles. The normalized spacial score (nSPS) is 10.2. The Hall–Kier alpha value is -2.36. The number of para-hydroxylation sites is 1. The van der Waals surface area contributed by atoms with Crippen LogP contribution in [0.5, 0.6) is 11.5 Å². The SMILES string of the molecule is COc1cc(N(C)Cc2ccccc2OC)ccc1N. The van der Waals surface area contributed by atoms with Gasteiger partial charge in [-0.2, -0.15) is 0 Å². The van der Waals surface area contributed by atoms with Gasteiger partial charge in [0.25, 0.3) is 0 Å². The highest BCUT2D eigenvalue weighted by molar-refractivity contribution is 5.62. The Kier molecular flexibility index (Phi) is 4.35. The molecule has 2 N–H and O–H groups in total. The predicted molar refractivity (Wildman–Crippen MR) is 82.5 cm³/mol. The van der Waals surface area contributed by atoms with Crippen molar-refractivity contribution in [3.05, 3.63) is 48.0 Å². The van der Waals surface area contributed by atoms with E-state index in [2.05, 4.69) is 11.0 Å². The third kappa shape index (κ3) is 2.96. The third-order valence-corrected chi connectivity index (χ3v) is 3.26. The van der Waals surface area contributed by atoms with E-state index in [9.17, 15) is 0 Å². The van der Waals surface area contributed by atoms with Gasteiger partial charge < -0.3 is 20.1 Å². The number of nitrogen functional groups attached to an aromatic ring is 1. The number of hydrogen-bond acceptors (Lipinski definition) is 4. The Balaban J connectivity index is 2.21. The van der Waals surface area contributed by atoms with Crippen molar-refractivity contribution < 1.29 is 9.47 Å². The lowest BCUT2D eigenvalue weighted by Crippen LogP contribution is -2.17. The van der Waals surface area contributed by atoms with E-state index in [-0.39, 0.29) is 0 Å². The fraction of sp³-hybridized carbons (Fsp3) is 0.250. The minimum atomic E-state index is 0.641. The fourth-order valence-corrected chi connectivity index (χ4v) is 2.12. The molecule has 0 aliphatic rings. The molecule has 0 fully saturated rings. The van der Waals surface area contributed by atoms with E-state index >= 15 is 0 Å². The summed E-state index contributed by atoms with van der Waals surface area (Å²) in [4.78, 5) is 2.12. The molecule has 0 saturated carbocycles. The fourth-order valence-electron chi connectivity index (χ4n) is 2.12. The van der Waals surface area contributed by atoms with Crippen LogP contribution in [-0.4, -0.2) is 21.3 Å². The first-order valence-electron chi connectivity index (χ1n) is 6.42. The van der Waals surface area contributed by atoms with Crippen molar-refractivity contribution in [2.45, 2.75) is 6.54 Å². The Morgan fingerprint density at radius 1 is 1.00 bits per heavy atom. The lowest BCUT2D eigenvalue weighted by molar-refractivity contribution is 0.409. The Bertz CT molecular complexity index is 584. The van der Waals surface area contributed by atoms with Gasteiger partial charge in [-0.25, -0.2) is 0 Å². The van der Waals surface area contributed by atoms with Crippen molar-refractivity contribution in [3.63, 3.8) is 0 Å². The van der Waals surface area contributed by atoms with Crippen LogP contribution < -0.4 is 20.1 Å². The van der Waals surface area contributed by atoms with Gasteiger partial charge >= 0.3 is 0 Å². The molecule has 0 spiro atoms. The highest BCUT2D eigenvalue weighted by atomic mass is 16.5. The van der Waals surface area contributed by atoms with E-state index < -0.39 is 0 Å². The molecule has 4 nitrogen and oxygen atoms in total. The smallest absolute Gasteiger partial charge is 0.143 e. The number of rotatable bonds is 5. The molecule has 2 aromatic carbocycles. The second kappa shape index (κ2) is 6.19. The number of nitrogens with zero attached hydrogens (tertiary/aromatic N) is 1. The van der Waals surface area contributed by atoms with Crippen LogP contribution >= 0.6 is 0 Å². The molecule has 2 rings (SSSR count). The number of benzene rings is 2. The lowest BCUT2D eigenvalue weighted by Gasteiger charge is -2.21. The first-order valence-corrected chi connectivity index (χ1v) is 6.42. The molecule has 0 atom stereocenters. The molecule has 0 heterocycles. The second-order valence-electron chi connectivity index (χ2n) is 4.59. The first-order chi connectivity index (χ1) is 9.65. The summed E-state index contributed by atoms with van der Waals surface area (Å²) in [6.45, 7) is 0.747. The van der Waals surface area contributed by atoms with Crippen LogP contribution in [0, 0.1) is 0 Å². The number of ether oxygens (including phenoxy) is 2. The molecule has 0 bridgehead atoms. The summed E-state index contributed by atoms with van der Waals surface area (Å²) in [6, 6.07) is 13.8. The van der Waals surface area contributed by atoms with E-state index in [4.69, 9.17) is 15.2 Å². The van der Waals surface area contributed by atoms with Crippen LogP contribution in [0.3, 0.4) is 0 Å². The summed E-state index contributed by atoms with van der Waals surface area (Å²) < 4.78 is 10.6. The quantitative estimate of drug-likeness (QED) is 0.850. The highest BCUT2D eigenvalue weighted by Gasteiger charge is 2.08. The lowest BCUT2D eigenvalue weighted by atomic mass is 10.1. The standard InChI is InChI=1S/C16H20N2O2/c1-18(11-12-6-4-5-7-15(12)19-2)13-8-9-14(17)16(10-13)20-3/h4-10H,11,17H2,1-3H3. The molecule has 106 valence electrons. The van der Waals surface area contributed by atoms with Gasteiger partial charge in [0.05, 0.1) is 19.9 Å². The van der Waals surface area contributed by atoms with Crippen LogP contribution in [-0.2, 0) is 6.54 Å². The molecule has 4 heteroatoms. The summed E-state index contributed by atoms with van der Waals surface area (Å²) in [6.07, 6.45) is 0. The van der Waals surface area contributed by atoms with Crippen LogP contribution in [0.1, 0.15) is 5.56 Å². The summed E-state index contributed by atoms with van der Waals surface area (Å²) >= 11 is 0. The van der Waals surface area contributed by atoms with E-state index in [1.54, 1.807) is 14.2 Å². The van der Waals surface area contributed by atoms with Gasteiger partial charge in [0.2, 0.25) is 0 Å². The van der Waals surface area contributed by atoms with Crippen molar-refractivity contribution in [3.8, 4) is 11.5 Å². The zero-order valence-electron chi connectivity index (χ0n) is 12.1. The van der Waals surface area contributed by atoms with E-state index in [1.807, 2.05) is 43.4 Å². The Morgan fingerprint density at radius 2 is 1.70 bits per heavy atom. The minimum absolute atomic E-state index is 0.641. The summed E-state index contributed by atoms with van der Waals surface area (Å²) in [5, 5.41) is 0. The average molecular weight is 272 g/mol. The van der Waals surface area contributed by atoms with Gasteiger partial charge in [-0.1, -0.05) is 18.2 Å².